The summed E-state index contributed by atoms with van der Waals surface area (Å²) in [5.41, 5.74) is 2.65. The van der Waals surface area contributed by atoms with Crippen LogP contribution in [-0.4, -0.2) is 65.8 Å². The predicted molar refractivity (Wildman–Crippen MR) is 110 cm³/mol. The Labute approximate surface area is 168 Å². The lowest BCUT2D eigenvalue weighted by Crippen LogP contribution is -2.52. The van der Waals surface area contributed by atoms with Crippen LogP contribution in [0.15, 0.2) is 24.3 Å². The number of nitrogens with zero attached hydrogens (tertiary/aromatic N) is 3. The van der Waals surface area contributed by atoms with Gasteiger partial charge in [0.15, 0.2) is 0 Å². The third-order valence-electron chi connectivity index (χ3n) is 6.76. The fraction of sp³-hybridized carbons (Fsp3) is 0.652. The van der Waals surface area contributed by atoms with E-state index >= 15 is 0 Å². The summed E-state index contributed by atoms with van der Waals surface area (Å²) in [6, 6.07) is 8.42. The summed E-state index contributed by atoms with van der Waals surface area (Å²) in [7, 11) is 0. The van der Waals surface area contributed by atoms with E-state index in [4.69, 9.17) is 0 Å². The molecule has 0 atom stereocenters. The number of hydrogen-bond donors (Lipinski definition) is 0. The molecule has 0 N–H and O–H groups in total. The number of carbonyl (C=O) groups is 2. The Morgan fingerprint density at radius 1 is 0.821 bits per heavy atom. The summed E-state index contributed by atoms with van der Waals surface area (Å²) in [6.45, 7) is 5.18. The summed E-state index contributed by atoms with van der Waals surface area (Å²) in [5.74, 6) is 1.14. The summed E-state index contributed by atoms with van der Waals surface area (Å²) in [5, 5.41) is 0. The van der Waals surface area contributed by atoms with Gasteiger partial charge >= 0.3 is 0 Å². The standard InChI is InChI=1S/C23H33N3O2/c27-22(16-19-6-2-1-3-7-19)25-14-12-24(13-15-25)18-23(28)26-11-10-20-8-4-5-9-21(20)17-26/h4-5,8-9,19H,1-3,6-7,10-18H2. The van der Waals surface area contributed by atoms with E-state index in [0.717, 1.165) is 52.1 Å². The molecule has 152 valence electrons. The van der Waals surface area contributed by atoms with Crippen molar-refractivity contribution in [3.63, 3.8) is 0 Å². The van der Waals surface area contributed by atoms with Crippen LogP contribution in [0.1, 0.15) is 49.7 Å². The molecule has 28 heavy (non-hydrogen) atoms. The van der Waals surface area contributed by atoms with Gasteiger partial charge in [-0.15, -0.1) is 0 Å². The van der Waals surface area contributed by atoms with E-state index in [1.807, 2.05) is 9.80 Å². The molecule has 0 spiro atoms. The van der Waals surface area contributed by atoms with Crippen LogP contribution in [0.2, 0.25) is 0 Å². The lowest BCUT2D eigenvalue weighted by Gasteiger charge is -2.37. The molecule has 4 rings (SSSR count). The van der Waals surface area contributed by atoms with Gasteiger partial charge in [0.25, 0.3) is 0 Å². The van der Waals surface area contributed by atoms with Crippen LogP contribution in [0.3, 0.4) is 0 Å². The van der Waals surface area contributed by atoms with E-state index in [1.54, 1.807) is 0 Å². The largest absolute Gasteiger partial charge is 0.340 e. The van der Waals surface area contributed by atoms with Crippen LogP contribution in [0.5, 0.6) is 0 Å². The van der Waals surface area contributed by atoms with Gasteiger partial charge in [-0.05, 0) is 36.3 Å². The quantitative estimate of drug-likeness (QED) is 0.803. The van der Waals surface area contributed by atoms with Crippen LogP contribution in [-0.2, 0) is 22.6 Å². The van der Waals surface area contributed by atoms with Crippen LogP contribution in [0.4, 0.5) is 0 Å². The van der Waals surface area contributed by atoms with E-state index in [0.29, 0.717) is 18.4 Å². The zero-order chi connectivity index (χ0) is 19.3. The van der Waals surface area contributed by atoms with Gasteiger partial charge in [0, 0.05) is 45.7 Å². The molecule has 1 aliphatic carbocycles. The second kappa shape index (κ2) is 9.08. The molecule has 2 amide bonds. The molecule has 1 saturated carbocycles. The van der Waals surface area contributed by atoms with Crippen molar-refractivity contribution in [3.8, 4) is 0 Å². The summed E-state index contributed by atoms with van der Waals surface area (Å²) >= 11 is 0. The van der Waals surface area contributed by atoms with Crippen molar-refractivity contribution in [3.05, 3.63) is 35.4 Å². The number of hydrogen-bond acceptors (Lipinski definition) is 3. The highest BCUT2D eigenvalue weighted by Gasteiger charge is 2.27. The molecule has 2 aliphatic heterocycles. The number of fused-ring (bicyclic) bond motifs is 1. The topological polar surface area (TPSA) is 43.9 Å². The first-order chi connectivity index (χ1) is 13.7. The van der Waals surface area contributed by atoms with Crippen LogP contribution < -0.4 is 0 Å². The molecule has 0 aromatic heterocycles. The highest BCUT2D eigenvalue weighted by molar-refractivity contribution is 5.79. The number of rotatable bonds is 4. The molecule has 2 heterocycles. The SMILES string of the molecule is O=C(CC1CCCCC1)N1CCN(CC(=O)N2CCc3ccccc3C2)CC1. The van der Waals surface area contributed by atoms with Gasteiger partial charge < -0.3 is 9.80 Å². The zero-order valence-electron chi connectivity index (χ0n) is 16.9. The van der Waals surface area contributed by atoms with Crippen molar-refractivity contribution in [1.29, 1.82) is 0 Å². The van der Waals surface area contributed by atoms with Gasteiger partial charge in [0.05, 0.1) is 6.54 Å². The maximum atomic E-state index is 12.8. The van der Waals surface area contributed by atoms with Gasteiger partial charge in [0.1, 0.15) is 0 Å². The molecule has 5 nitrogen and oxygen atoms in total. The molecular weight excluding hydrogens is 350 g/mol. The number of carbonyl (C=O) groups excluding carboxylic acids is 2. The minimum atomic E-state index is 0.219. The Balaban J connectivity index is 1.21. The first-order valence-electron chi connectivity index (χ1n) is 11.0. The van der Waals surface area contributed by atoms with E-state index in [1.165, 1.54) is 43.2 Å². The van der Waals surface area contributed by atoms with Crippen molar-refractivity contribution in [2.45, 2.75) is 51.5 Å². The maximum Gasteiger partial charge on any atom is 0.237 e. The first-order valence-corrected chi connectivity index (χ1v) is 11.0. The number of amides is 2. The Morgan fingerprint density at radius 3 is 2.29 bits per heavy atom. The van der Waals surface area contributed by atoms with Crippen LogP contribution in [0, 0.1) is 5.92 Å². The van der Waals surface area contributed by atoms with Gasteiger partial charge in [-0.2, -0.15) is 0 Å². The number of benzene rings is 1. The van der Waals surface area contributed by atoms with Gasteiger partial charge in [-0.3, -0.25) is 14.5 Å². The molecule has 2 fully saturated rings. The highest BCUT2D eigenvalue weighted by Crippen LogP contribution is 2.27. The van der Waals surface area contributed by atoms with Gasteiger partial charge in [-0.25, -0.2) is 0 Å². The van der Waals surface area contributed by atoms with Crippen molar-refractivity contribution in [1.82, 2.24) is 14.7 Å². The lowest BCUT2D eigenvalue weighted by molar-refractivity contribution is -0.136. The Hall–Kier alpha value is -1.88. The fourth-order valence-electron chi connectivity index (χ4n) is 4.92. The molecule has 3 aliphatic rings. The highest BCUT2D eigenvalue weighted by atomic mass is 16.2. The summed E-state index contributed by atoms with van der Waals surface area (Å²) in [6.07, 6.45) is 8.03. The molecule has 5 heteroatoms. The predicted octanol–water partition coefficient (Wildman–Crippen LogP) is 2.69. The van der Waals surface area contributed by atoms with E-state index in [2.05, 4.69) is 29.2 Å². The van der Waals surface area contributed by atoms with Crippen molar-refractivity contribution >= 4 is 11.8 Å². The molecule has 1 saturated heterocycles. The van der Waals surface area contributed by atoms with E-state index in [9.17, 15) is 9.59 Å². The zero-order valence-corrected chi connectivity index (χ0v) is 16.9. The van der Waals surface area contributed by atoms with Gasteiger partial charge in [-0.1, -0.05) is 43.5 Å². The van der Waals surface area contributed by atoms with E-state index in [-0.39, 0.29) is 5.91 Å². The second-order valence-corrected chi connectivity index (χ2v) is 8.70. The Morgan fingerprint density at radius 2 is 1.54 bits per heavy atom. The molecule has 0 unspecified atom stereocenters. The lowest BCUT2D eigenvalue weighted by atomic mass is 9.86. The first kappa shape index (κ1) is 19.4. The van der Waals surface area contributed by atoms with Crippen molar-refractivity contribution < 1.29 is 9.59 Å². The molecular formula is C23H33N3O2. The number of piperazine rings is 1. The minimum Gasteiger partial charge on any atom is -0.340 e. The molecule has 1 aromatic carbocycles. The summed E-state index contributed by atoms with van der Waals surface area (Å²) < 4.78 is 0. The summed E-state index contributed by atoms with van der Waals surface area (Å²) in [4.78, 5) is 31.6. The van der Waals surface area contributed by atoms with Crippen molar-refractivity contribution in [2.24, 2.45) is 5.92 Å². The Kier molecular flexibility index (Phi) is 6.30. The Bertz CT molecular complexity index is 691. The van der Waals surface area contributed by atoms with Gasteiger partial charge in [0.2, 0.25) is 11.8 Å². The van der Waals surface area contributed by atoms with Crippen molar-refractivity contribution in [2.75, 3.05) is 39.3 Å². The molecule has 1 aromatic rings. The molecule has 0 bridgehead atoms. The third kappa shape index (κ3) is 4.75. The average molecular weight is 384 g/mol. The molecule has 0 radical (unpaired) electrons. The maximum absolute atomic E-state index is 12.8. The second-order valence-electron chi connectivity index (χ2n) is 8.70. The fourth-order valence-corrected chi connectivity index (χ4v) is 4.92. The minimum absolute atomic E-state index is 0.219. The van der Waals surface area contributed by atoms with Crippen LogP contribution in [0.25, 0.3) is 0 Å². The average Bonchev–Trinajstić information content (AvgIpc) is 2.74. The normalized spacial score (nSPS) is 21.4. The van der Waals surface area contributed by atoms with Crippen LogP contribution >= 0.6 is 0 Å². The smallest absolute Gasteiger partial charge is 0.237 e. The monoisotopic (exact) mass is 383 g/mol. The van der Waals surface area contributed by atoms with E-state index < -0.39 is 0 Å². The third-order valence-corrected chi connectivity index (χ3v) is 6.76.